The summed E-state index contributed by atoms with van der Waals surface area (Å²) >= 11 is 4.14. The minimum Gasteiger partial charge on any atom is -0.346 e. The molecular weight excluding hydrogens is 194 g/mol. The Hall–Kier alpha value is -1.22. The highest BCUT2D eigenvalue weighted by molar-refractivity contribution is 7.80. The molecular formula is C11H13NOS. The molecule has 0 saturated carbocycles. The number of hydrogen-bond acceptors (Lipinski definition) is 2. The van der Waals surface area contributed by atoms with Crippen LogP contribution in [0.15, 0.2) is 41.8 Å². The summed E-state index contributed by atoms with van der Waals surface area (Å²) in [6, 6.07) is 7.05. The summed E-state index contributed by atoms with van der Waals surface area (Å²) in [6.07, 6.45) is 1.69. The number of hydrogen-bond donors (Lipinski definition) is 2. The zero-order valence-corrected chi connectivity index (χ0v) is 8.92. The van der Waals surface area contributed by atoms with E-state index in [-0.39, 0.29) is 11.9 Å². The second-order valence-electron chi connectivity index (χ2n) is 3.04. The van der Waals surface area contributed by atoms with Crippen molar-refractivity contribution in [2.24, 2.45) is 0 Å². The third kappa shape index (κ3) is 2.92. The normalized spacial score (nSPS) is 11.9. The van der Waals surface area contributed by atoms with Gasteiger partial charge in [-0.05, 0) is 31.2 Å². The van der Waals surface area contributed by atoms with Gasteiger partial charge in [0.05, 0.1) is 0 Å². The molecule has 74 valence electrons. The van der Waals surface area contributed by atoms with Crippen molar-refractivity contribution in [2.75, 3.05) is 0 Å². The van der Waals surface area contributed by atoms with Crippen molar-refractivity contribution < 1.29 is 4.79 Å². The van der Waals surface area contributed by atoms with Crippen LogP contribution in [0.25, 0.3) is 0 Å². The molecule has 0 bridgehead atoms. The average molecular weight is 207 g/mol. The maximum absolute atomic E-state index is 11.5. The second-order valence-corrected chi connectivity index (χ2v) is 3.56. The zero-order chi connectivity index (χ0) is 10.6. The van der Waals surface area contributed by atoms with Crippen LogP contribution in [-0.2, 0) is 0 Å². The molecule has 0 radical (unpaired) electrons. The number of carbonyl (C=O) groups excluding carboxylic acids is 1. The number of rotatable bonds is 3. The molecule has 3 heteroatoms. The van der Waals surface area contributed by atoms with Crippen molar-refractivity contribution >= 4 is 18.5 Å². The van der Waals surface area contributed by atoms with E-state index in [9.17, 15) is 4.79 Å². The molecule has 1 aromatic carbocycles. The fraction of sp³-hybridized carbons (Fsp3) is 0.182. The maximum Gasteiger partial charge on any atom is 0.251 e. The molecule has 1 N–H and O–H groups in total. The van der Waals surface area contributed by atoms with E-state index in [0.29, 0.717) is 5.56 Å². The van der Waals surface area contributed by atoms with Gasteiger partial charge < -0.3 is 5.32 Å². The maximum atomic E-state index is 11.5. The van der Waals surface area contributed by atoms with E-state index < -0.39 is 0 Å². The average Bonchev–Trinajstić information content (AvgIpc) is 2.18. The first-order valence-corrected chi connectivity index (χ1v) is 4.80. The van der Waals surface area contributed by atoms with Gasteiger partial charge >= 0.3 is 0 Å². The lowest BCUT2D eigenvalue weighted by molar-refractivity contribution is 0.0947. The molecule has 0 saturated heterocycles. The molecule has 0 spiro atoms. The third-order valence-corrected chi connectivity index (χ3v) is 2.14. The zero-order valence-electron chi connectivity index (χ0n) is 8.03. The lowest BCUT2D eigenvalue weighted by Crippen LogP contribution is -2.30. The highest BCUT2D eigenvalue weighted by Gasteiger charge is 2.06. The Bertz CT molecular complexity index is 332. The SMILES string of the molecule is C=CC(C)NC(=O)c1ccc(S)cc1. The number of carbonyl (C=O) groups is 1. The largest absolute Gasteiger partial charge is 0.346 e. The predicted octanol–water partition coefficient (Wildman–Crippen LogP) is 2.28. The van der Waals surface area contributed by atoms with Gasteiger partial charge in [0.15, 0.2) is 0 Å². The van der Waals surface area contributed by atoms with Crippen LogP contribution < -0.4 is 5.32 Å². The van der Waals surface area contributed by atoms with Crippen LogP contribution in [0.5, 0.6) is 0 Å². The fourth-order valence-electron chi connectivity index (χ4n) is 0.962. The van der Waals surface area contributed by atoms with Crippen LogP contribution in [0.1, 0.15) is 17.3 Å². The topological polar surface area (TPSA) is 29.1 Å². The summed E-state index contributed by atoms with van der Waals surface area (Å²) in [5, 5.41) is 2.78. The summed E-state index contributed by atoms with van der Waals surface area (Å²) in [5.74, 6) is -0.0919. The monoisotopic (exact) mass is 207 g/mol. The Kier molecular flexibility index (Phi) is 3.77. The van der Waals surface area contributed by atoms with Gasteiger partial charge in [-0.2, -0.15) is 0 Å². The second kappa shape index (κ2) is 4.86. The highest BCUT2D eigenvalue weighted by atomic mass is 32.1. The highest BCUT2D eigenvalue weighted by Crippen LogP contribution is 2.07. The van der Waals surface area contributed by atoms with Crippen molar-refractivity contribution in [3.8, 4) is 0 Å². The summed E-state index contributed by atoms with van der Waals surface area (Å²) in [5.41, 5.74) is 0.636. The molecule has 0 heterocycles. The van der Waals surface area contributed by atoms with Crippen molar-refractivity contribution in [3.05, 3.63) is 42.5 Å². The molecule has 1 aromatic rings. The number of nitrogens with one attached hydrogen (secondary N) is 1. The Morgan fingerprint density at radius 2 is 2.07 bits per heavy atom. The molecule has 0 aliphatic rings. The lowest BCUT2D eigenvalue weighted by atomic mass is 10.2. The summed E-state index contributed by atoms with van der Waals surface area (Å²) in [6.45, 7) is 5.47. The molecule has 0 fully saturated rings. The number of thiol groups is 1. The molecule has 1 unspecified atom stereocenters. The van der Waals surface area contributed by atoms with Crippen LogP contribution >= 0.6 is 12.6 Å². The van der Waals surface area contributed by atoms with Gasteiger partial charge in [-0.1, -0.05) is 6.08 Å². The quantitative estimate of drug-likeness (QED) is 0.578. The van der Waals surface area contributed by atoms with Crippen molar-refractivity contribution in [1.29, 1.82) is 0 Å². The van der Waals surface area contributed by atoms with Crippen LogP contribution in [0, 0.1) is 0 Å². The Morgan fingerprint density at radius 1 is 1.50 bits per heavy atom. The standard InChI is InChI=1S/C11H13NOS/c1-3-8(2)12-11(13)9-4-6-10(14)7-5-9/h3-8,14H,1H2,2H3,(H,12,13). The predicted molar refractivity (Wildman–Crippen MR) is 60.8 cm³/mol. The third-order valence-electron chi connectivity index (χ3n) is 1.84. The molecule has 1 atom stereocenters. The van der Waals surface area contributed by atoms with E-state index >= 15 is 0 Å². The summed E-state index contributed by atoms with van der Waals surface area (Å²) < 4.78 is 0. The molecule has 14 heavy (non-hydrogen) atoms. The van der Waals surface area contributed by atoms with Crippen molar-refractivity contribution in [2.45, 2.75) is 17.9 Å². The van der Waals surface area contributed by atoms with E-state index in [2.05, 4.69) is 24.5 Å². The van der Waals surface area contributed by atoms with Gasteiger partial charge in [0.2, 0.25) is 0 Å². The minimum absolute atomic E-state index is 0.0156. The first kappa shape index (κ1) is 10.9. The van der Waals surface area contributed by atoms with Gasteiger partial charge in [-0.3, -0.25) is 4.79 Å². The van der Waals surface area contributed by atoms with Crippen molar-refractivity contribution in [3.63, 3.8) is 0 Å². The first-order chi connectivity index (χ1) is 6.63. The molecule has 0 aromatic heterocycles. The van der Waals surface area contributed by atoms with Crippen LogP contribution in [-0.4, -0.2) is 11.9 Å². The van der Waals surface area contributed by atoms with E-state index in [0.717, 1.165) is 4.90 Å². The van der Waals surface area contributed by atoms with Gasteiger partial charge in [0, 0.05) is 16.5 Å². The van der Waals surface area contributed by atoms with Crippen LogP contribution in [0.4, 0.5) is 0 Å². The first-order valence-electron chi connectivity index (χ1n) is 4.36. The fourth-order valence-corrected chi connectivity index (χ4v) is 1.11. The summed E-state index contributed by atoms with van der Waals surface area (Å²) in [4.78, 5) is 12.4. The van der Waals surface area contributed by atoms with Crippen LogP contribution in [0.2, 0.25) is 0 Å². The molecule has 2 nitrogen and oxygen atoms in total. The molecule has 0 aliphatic heterocycles. The Labute approximate surface area is 89.4 Å². The van der Waals surface area contributed by atoms with Crippen LogP contribution in [0.3, 0.4) is 0 Å². The van der Waals surface area contributed by atoms with E-state index in [1.807, 2.05) is 6.92 Å². The van der Waals surface area contributed by atoms with Gasteiger partial charge in [0.1, 0.15) is 0 Å². The Morgan fingerprint density at radius 3 is 2.57 bits per heavy atom. The van der Waals surface area contributed by atoms with Gasteiger partial charge in [-0.15, -0.1) is 19.2 Å². The number of benzene rings is 1. The van der Waals surface area contributed by atoms with Crippen molar-refractivity contribution in [1.82, 2.24) is 5.32 Å². The summed E-state index contributed by atoms with van der Waals surface area (Å²) in [7, 11) is 0. The van der Waals surface area contributed by atoms with Gasteiger partial charge in [0.25, 0.3) is 5.91 Å². The number of amides is 1. The molecule has 0 aliphatic carbocycles. The van der Waals surface area contributed by atoms with Gasteiger partial charge in [-0.25, -0.2) is 0 Å². The lowest BCUT2D eigenvalue weighted by Gasteiger charge is -2.08. The minimum atomic E-state index is -0.0919. The van der Waals surface area contributed by atoms with E-state index in [1.165, 1.54) is 0 Å². The van der Waals surface area contributed by atoms with E-state index in [4.69, 9.17) is 0 Å². The Balaban J connectivity index is 2.70. The smallest absolute Gasteiger partial charge is 0.251 e. The van der Waals surface area contributed by atoms with E-state index in [1.54, 1.807) is 30.3 Å². The molecule has 1 amide bonds. The molecule has 1 rings (SSSR count).